The molecule has 2 aliphatic heterocycles. The van der Waals surface area contributed by atoms with Crippen molar-refractivity contribution >= 4 is 28.5 Å². The number of hydrogen-bond acceptors (Lipinski definition) is 3. The predicted molar refractivity (Wildman–Crippen MR) is 62.1 cm³/mol. The van der Waals surface area contributed by atoms with Crippen molar-refractivity contribution in [1.82, 2.24) is 5.32 Å². The Morgan fingerprint density at radius 2 is 2.40 bits per heavy atom. The summed E-state index contributed by atoms with van der Waals surface area (Å²) in [5.74, 6) is 0. The summed E-state index contributed by atoms with van der Waals surface area (Å²) in [6.07, 6.45) is 0.900. The molecule has 0 radical (unpaired) electrons. The second kappa shape index (κ2) is 3.24. The van der Waals surface area contributed by atoms with E-state index in [9.17, 15) is 4.79 Å². The molecule has 1 aromatic rings. The van der Waals surface area contributed by atoms with Gasteiger partial charge in [-0.05, 0) is 24.1 Å². The lowest BCUT2D eigenvalue weighted by molar-refractivity contribution is -0.112. The van der Waals surface area contributed by atoms with Crippen LogP contribution in [-0.2, 0) is 9.54 Å². The zero-order valence-corrected chi connectivity index (χ0v) is 9.57. The van der Waals surface area contributed by atoms with E-state index in [0.717, 1.165) is 18.0 Å². The summed E-state index contributed by atoms with van der Waals surface area (Å²) in [6, 6.07) is 7.89. The van der Waals surface area contributed by atoms with Gasteiger partial charge in [0, 0.05) is 11.6 Å². The molecule has 0 amide bonds. The minimum Gasteiger partial charge on any atom is -0.305 e. The van der Waals surface area contributed by atoms with E-state index < -0.39 is 0 Å². The van der Waals surface area contributed by atoms with E-state index in [0.29, 0.717) is 0 Å². The molecule has 1 aromatic carbocycles. The molecule has 78 valence electrons. The molecule has 2 nitrogen and oxygen atoms in total. The Bertz CT molecular complexity index is 436. The van der Waals surface area contributed by atoms with Crippen molar-refractivity contribution in [2.24, 2.45) is 0 Å². The lowest BCUT2D eigenvalue weighted by atomic mass is 9.96. The van der Waals surface area contributed by atoms with E-state index in [1.165, 1.54) is 17.3 Å². The summed E-state index contributed by atoms with van der Waals surface area (Å²) in [7, 11) is 0. The van der Waals surface area contributed by atoms with Crippen molar-refractivity contribution in [3.63, 3.8) is 0 Å². The SMILES string of the molecule is O=C1SC2(c3cccc(Cl)c3)CNC1C2. The van der Waals surface area contributed by atoms with Crippen LogP contribution in [0, 0.1) is 0 Å². The van der Waals surface area contributed by atoms with Gasteiger partial charge in [-0.25, -0.2) is 0 Å². The second-order valence-electron chi connectivity index (χ2n) is 4.06. The first-order valence-corrected chi connectivity index (χ1v) is 6.11. The van der Waals surface area contributed by atoms with Gasteiger partial charge in [-0.1, -0.05) is 35.5 Å². The minimum absolute atomic E-state index is 0.0500. The largest absolute Gasteiger partial charge is 0.305 e. The van der Waals surface area contributed by atoms with Gasteiger partial charge in [0.15, 0.2) is 0 Å². The maximum atomic E-state index is 11.6. The summed E-state index contributed by atoms with van der Waals surface area (Å²) in [5.41, 5.74) is 1.17. The van der Waals surface area contributed by atoms with Gasteiger partial charge in [0.25, 0.3) is 0 Å². The molecule has 0 saturated carbocycles. The molecule has 1 N–H and O–H groups in total. The number of carbonyl (C=O) groups is 1. The molecule has 2 saturated heterocycles. The Balaban J connectivity index is 2.04. The number of fused-ring (bicyclic) bond motifs is 2. The monoisotopic (exact) mass is 239 g/mol. The first kappa shape index (κ1) is 9.70. The highest BCUT2D eigenvalue weighted by Crippen LogP contribution is 2.51. The molecule has 3 rings (SSSR count). The maximum Gasteiger partial charge on any atom is 0.206 e. The molecule has 0 spiro atoms. The Hall–Kier alpha value is -0.510. The third-order valence-corrected chi connectivity index (χ3v) is 4.76. The van der Waals surface area contributed by atoms with Crippen LogP contribution in [0.4, 0.5) is 0 Å². The Morgan fingerprint density at radius 3 is 3.00 bits per heavy atom. The number of nitrogens with one attached hydrogen (secondary N) is 1. The average Bonchev–Trinajstić information content (AvgIpc) is 2.76. The van der Waals surface area contributed by atoms with Crippen molar-refractivity contribution in [2.75, 3.05) is 6.54 Å². The highest BCUT2D eigenvalue weighted by atomic mass is 35.5. The Labute approximate surface area is 97.4 Å². The highest BCUT2D eigenvalue weighted by molar-refractivity contribution is 8.15. The molecule has 2 unspecified atom stereocenters. The van der Waals surface area contributed by atoms with Gasteiger partial charge >= 0.3 is 0 Å². The zero-order valence-electron chi connectivity index (χ0n) is 8.00. The van der Waals surface area contributed by atoms with E-state index in [-0.39, 0.29) is 15.9 Å². The highest BCUT2D eigenvalue weighted by Gasteiger charge is 2.52. The van der Waals surface area contributed by atoms with E-state index in [1.807, 2.05) is 18.2 Å². The number of hydrogen-bond donors (Lipinski definition) is 1. The smallest absolute Gasteiger partial charge is 0.206 e. The normalized spacial score (nSPS) is 33.7. The van der Waals surface area contributed by atoms with Gasteiger partial charge in [0.2, 0.25) is 5.12 Å². The van der Waals surface area contributed by atoms with E-state index in [2.05, 4.69) is 11.4 Å². The standard InChI is InChI=1S/C11H10ClNOS/c12-8-3-1-2-7(4-8)11-5-9(13-6-11)10(14)15-11/h1-4,9,13H,5-6H2. The Morgan fingerprint density at radius 1 is 1.53 bits per heavy atom. The fourth-order valence-corrected chi connectivity index (χ4v) is 3.86. The molecular formula is C11H10ClNOS. The molecule has 2 aliphatic rings. The average molecular weight is 240 g/mol. The van der Waals surface area contributed by atoms with Gasteiger partial charge in [0.05, 0.1) is 10.8 Å². The Kier molecular flexibility index (Phi) is 2.09. The predicted octanol–water partition coefficient (Wildman–Crippen LogP) is 2.17. The fraction of sp³-hybridized carbons (Fsp3) is 0.364. The summed E-state index contributed by atoms with van der Waals surface area (Å²) in [5, 5.41) is 4.26. The lowest BCUT2D eigenvalue weighted by Gasteiger charge is -2.25. The first-order valence-electron chi connectivity index (χ1n) is 4.92. The van der Waals surface area contributed by atoms with Gasteiger partial charge in [-0.3, -0.25) is 4.79 Å². The minimum atomic E-state index is -0.0628. The topological polar surface area (TPSA) is 29.1 Å². The summed E-state index contributed by atoms with van der Waals surface area (Å²) in [6.45, 7) is 0.869. The van der Waals surface area contributed by atoms with Gasteiger partial charge in [0.1, 0.15) is 0 Å². The zero-order chi connectivity index (χ0) is 10.5. The summed E-state index contributed by atoms with van der Waals surface area (Å²) < 4.78 is -0.0628. The summed E-state index contributed by atoms with van der Waals surface area (Å²) in [4.78, 5) is 11.6. The van der Waals surface area contributed by atoms with Crippen molar-refractivity contribution in [1.29, 1.82) is 0 Å². The van der Waals surface area contributed by atoms with Crippen molar-refractivity contribution in [3.8, 4) is 0 Å². The number of thioether (sulfide) groups is 1. The maximum absolute atomic E-state index is 11.6. The molecule has 2 atom stereocenters. The number of benzene rings is 1. The molecule has 4 heteroatoms. The van der Waals surface area contributed by atoms with Gasteiger partial charge in [-0.2, -0.15) is 0 Å². The van der Waals surface area contributed by atoms with Crippen LogP contribution in [0.15, 0.2) is 24.3 Å². The quantitative estimate of drug-likeness (QED) is 0.815. The van der Waals surface area contributed by atoms with Gasteiger partial charge in [-0.15, -0.1) is 0 Å². The van der Waals surface area contributed by atoms with Crippen LogP contribution in [0.3, 0.4) is 0 Å². The third kappa shape index (κ3) is 1.41. The van der Waals surface area contributed by atoms with Crippen LogP contribution in [0.25, 0.3) is 0 Å². The molecular weight excluding hydrogens is 230 g/mol. The molecule has 15 heavy (non-hydrogen) atoms. The third-order valence-electron chi connectivity index (χ3n) is 3.10. The molecule has 2 bridgehead atoms. The van der Waals surface area contributed by atoms with Gasteiger partial charge < -0.3 is 5.32 Å². The first-order chi connectivity index (χ1) is 7.20. The van der Waals surface area contributed by atoms with Crippen LogP contribution in [-0.4, -0.2) is 17.7 Å². The number of rotatable bonds is 1. The van der Waals surface area contributed by atoms with Crippen LogP contribution >= 0.6 is 23.4 Å². The van der Waals surface area contributed by atoms with E-state index in [1.54, 1.807) is 0 Å². The number of halogens is 1. The van der Waals surface area contributed by atoms with Crippen LogP contribution < -0.4 is 5.32 Å². The van der Waals surface area contributed by atoms with Crippen molar-refractivity contribution in [2.45, 2.75) is 17.2 Å². The van der Waals surface area contributed by atoms with E-state index in [4.69, 9.17) is 11.6 Å². The molecule has 2 fully saturated rings. The molecule has 2 heterocycles. The van der Waals surface area contributed by atoms with Crippen LogP contribution in [0.5, 0.6) is 0 Å². The molecule has 0 aromatic heterocycles. The van der Waals surface area contributed by atoms with Crippen molar-refractivity contribution in [3.05, 3.63) is 34.9 Å². The van der Waals surface area contributed by atoms with Crippen LogP contribution in [0.2, 0.25) is 5.02 Å². The van der Waals surface area contributed by atoms with Crippen LogP contribution in [0.1, 0.15) is 12.0 Å². The lowest BCUT2D eigenvalue weighted by Crippen LogP contribution is -2.34. The second-order valence-corrected chi connectivity index (χ2v) is 5.89. The number of carbonyl (C=O) groups excluding carboxylic acids is 1. The van der Waals surface area contributed by atoms with E-state index >= 15 is 0 Å². The van der Waals surface area contributed by atoms with Crippen molar-refractivity contribution < 1.29 is 4.79 Å². The summed E-state index contributed by atoms with van der Waals surface area (Å²) >= 11 is 7.44. The molecule has 0 aliphatic carbocycles. The fourth-order valence-electron chi connectivity index (χ4n) is 2.32.